The SMILES string of the molecule is O=[N+]([O-])c1ccc(N2CCCC(CCO)C2)c(CO)c1. The molecule has 2 rings (SSSR count). The van der Waals surface area contributed by atoms with Gasteiger partial charge in [0.15, 0.2) is 0 Å². The molecule has 6 nitrogen and oxygen atoms in total. The highest BCUT2D eigenvalue weighted by molar-refractivity contribution is 5.58. The van der Waals surface area contributed by atoms with Crippen LogP contribution in [0.3, 0.4) is 0 Å². The summed E-state index contributed by atoms with van der Waals surface area (Å²) in [7, 11) is 0. The van der Waals surface area contributed by atoms with Gasteiger partial charge in [0.25, 0.3) is 5.69 Å². The van der Waals surface area contributed by atoms with Crippen LogP contribution in [0.25, 0.3) is 0 Å². The molecule has 1 atom stereocenters. The molecule has 1 fully saturated rings. The van der Waals surface area contributed by atoms with Crippen molar-refractivity contribution in [1.82, 2.24) is 0 Å². The number of hydrogen-bond donors (Lipinski definition) is 2. The molecular formula is C14H20N2O4. The first-order chi connectivity index (χ1) is 9.65. The van der Waals surface area contributed by atoms with Crippen molar-refractivity contribution in [3.05, 3.63) is 33.9 Å². The predicted molar refractivity (Wildman–Crippen MR) is 75.7 cm³/mol. The van der Waals surface area contributed by atoms with E-state index in [0.29, 0.717) is 11.5 Å². The minimum Gasteiger partial charge on any atom is -0.396 e. The van der Waals surface area contributed by atoms with Gasteiger partial charge in [-0.15, -0.1) is 0 Å². The molecular weight excluding hydrogens is 260 g/mol. The van der Waals surface area contributed by atoms with Gasteiger partial charge in [-0.05, 0) is 31.2 Å². The lowest BCUT2D eigenvalue weighted by Gasteiger charge is -2.35. The zero-order chi connectivity index (χ0) is 14.5. The van der Waals surface area contributed by atoms with E-state index in [2.05, 4.69) is 4.90 Å². The lowest BCUT2D eigenvalue weighted by Crippen LogP contribution is -2.36. The summed E-state index contributed by atoms with van der Waals surface area (Å²) in [6.45, 7) is 1.68. The minimum absolute atomic E-state index is 0.00159. The molecule has 0 amide bonds. The topological polar surface area (TPSA) is 86.8 Å². The van der Waals surface area contributed by atoms with E-state index in [4.69, 9.17) is 5.11 Å². The van der Waals surface area contributed by atoms with Crippen molar-refractivity contribution in [3.8, 4) is 0 Å². The van der Waals surface area contributed by atoms with Gasteiger partial charge in [-0.3, -0.25) is 10.1 Å². The number of benzene rings is 1. The Bertz CT molecular complexity index is 476. The molecule has 0 radical (unpaired) electrons. The van der Waals surface area contributed by atoms with Gasteiger partial charge in [-0.1, -0.05) is 0 Å². The van der Waals surface area contributed by atoms with Crippen molar-refractivity contribution < 1.29 is 15.1 Å². The number of aliphatic hydroxyl groups is 2. The highest BCUT2D eigenvalue weighted by Gasteiger charge is 2.22. The summed E-state index contributed by atoms with van der Waals surface area (Å²) < 4.78 is 0. The highest BCUT2D eigenvalue weighted by Crippen LogP contribution is 2.30. The second-order valence-corrected chi connectivity index (χ2v) is 5.19. The third-order valence-corrected chi connectivity index (χ3v) is 3.84. The molecule has 1 aliphatic rings. The van der Waals surface area contributed by atoms with Crippen LogP contribution in [0.2, 0.25) is 0 Å². The third-order valence-electron chi connectivity index (χ3n) is 3.84. The molecule has 0 spiro atoms. The van der Waals surface area contributed by atoms with E-state index in [1.165, 1.54) is 12.1 Å². The third kappa shape index (κ3) is 3.26. The van der Waals surface area contributed by atoms with Crippen molar-refractivity contribution in [1.29, 1.82) is 0 Å². The lowest BCUT2D eigenvalue weighted by atomic mass is 9.94. The lowest BCUT2D eigenvalue weighted by molar-refractivity contribution is -0.384. The highest BCUT2D eigenvalue weighted by atomic mass is 16.6. The van der Waals surface area contributed by atoms with Gasteiger partial charge in [-0.2, -0.15) is 0 Å². The fourth-order valence-corrected chi connectivity index (χ4v) is 2.82. The van der Waals surface area contributed by atoms with Gasteiger partial charge >= 0.3 is 0 Å². The summed E-state index contributed by atoms with van der Waals surface area (Å²) in [6, 6.07) is 4.63. The number of hydrogen-bond acceptors (Lipinski definition) is 5. The largest absolute Gasteiger partial charge is 0.396 e. The van der Waals surface area contributed by atoms with Gasteiger partial charge in [0.1, 0.15) is 0 Å². The molecule has 1 unspecified atom stereocenters. The Morgan fingerprint density at radius 3 is 2.85 bits per heavy atom. The molecule has 1 aliphatic heterocycles. The Balaban J connectivity index is 2.20. The molecule has 1 saturated heterocycles. The predicted octanol–water partition coefficient (Wildman–Crippen LogP) is 1.69. The van der Waals surface area contributed by atoms with E-state index < -0.39 is 4.92 Å². The molecule has 20 heavy (non-hydrogen) atoms. The van der Waals surface area contributed by atoms with Crippen LogP contribution in [-0.4, -0.2) is 34.8 Å². The summed E-state index contributed by atoms with van der Waals surface area (Å²) in [5, 5.41) is 29.3. The maximum Gasteiger partial charge on any atom is 0.269 e. The van der Waals surface area contributed by atoms with Gasteiger partial charge in [0.05, 0.1) is 11.5 Å². The Morgan fingerprint density at radius 2 is 2.20 bits per heavy atom. The fourth-order valence-electron chi connectivity index (χ4n) is 2.82. The number of nitro benzene ring substituents is 1. The second-order valence-electron chi connectivity index (χ2n) is 5.19. The Hall–Kier alpha value is -1.66. The van der Waals surface area contributed by atoms with Gasteiger partial charge in [-0.25, -0.2) is 0 Å². The zero-order valence-electron chi connectivity index (χ0n) is 11.4. The van der Waals surface area contributed by atoms with Crippen molar-refractivity contribution in [2.45, 2.75) is 25.9 Å². The quantitative estimate of drug-likeness (QED) is 0.633. The van der Waals surface area contributed by atoms with E-state index >= 15 is 0 Å². The summed E-state index contributed by atoms with van der Waals surface area (Å²) >= 11 is 0. The zero-order valence-corrected chi connectivity index (χ0v) is 11.4. The first-order valence-corrected chi connectivity index (χ1v) is 6.89. The van der Waals surface area contributed by atoms with Crippen LogP contribution in [0.5, 0.6) is 0 Å². The molecule has 1 aromatic rings. The maximum atomic E-state index is 10.8. The average Bonchev–Trinajstić information content (AvgIpc) is 2.47. The van der Waals surface area contributed by atoms with Gasteiger partial charge in [0, 0.05) is 43.1 Å². The molecule has 1 heterocycles. The Morgan fingerprint density at radius 1 is 1.40 bits per heavy atom. The molecule has 0 aromatic heterocycles. The fraction of sp³-hybridized carbons (Fsp3) is 0.571. The number of rotatable bonds is 5. The van der Waals surface area contributed by atoms with Crippen molar-refractivity contribution in [2.24, 2.45) is 5.92 Å². The van der Waals surface area contributed by atoms with Crippen LogP contribution >= 0.6 is 0 Å². The number of aliphatic hydroxyl groups excluding tert-OH is 2. The Labute approximate surface area is 117 Å². The van der Waals surface area contributed by atoms with E-state index in [9.17, 15) is 15.2 Å². The van der Waals surface area contributed by atoms with Gasteiger partial charge < -0.3 is 15.1 Å². The number of piperidine rings is 1. The van der Waals surface area contributed by atoms with E-state index in [1.807, 2.05) is 0 Å². The van der Waals surface area contributed by atoms with E-state index in [0.717, 1.165) is 38.0 Å². The van der Waals surface area contributed by atoms with Crippen molar-refractivity contribution in [2.75, 3.05) is 24.6 Å². The molecule has 0 bridgehead atoms. The van der Waals surface area contributed by atoms with Crippen LogP contribution in [0.4, 0.5) is 11.4 Å². The van der Waals surface area contributed by atoms with Crippen LogP contribution < -0.4 is 4.90 Å². The molecule has 0 saturated carbocycles. The first kappa shape index (κ1) is 14.7. The molecule has 1 aromatic carbocycles. The van der Waals surface area contributed by atoms with Crippen molar-refractivity contribution in [3.63, 3.8) is 0 Å². The first-order valence-electron chi connectivity index (χ1n) is 6.89. The second kappa shape index (κ2) is 6.67. The van der Waals surface area contributed by atoms with Crippen LogP contribution in [0.15, 0.2) is 18.2 Å². The van der Waals surface area contributed by atoms with Crippen molar-refractivity contribution >= 4 is 11.4 Å². The summed E-state index contributed by atoms with van der Waals surface area (Å²) in [5.41, 5.74) is 1.45. The summed E-state index contributed by atoms with van der Waals surface area (Å²) in [4.78, 5) is 12.5. The molecule has 0 aliphatic carbocycles. The smallest absolute Gasteiger partial charge is 0.269 e. The Kier molecular flexibility index (Phi) is 4.92. The molecule has 6 heteroatoms. The monoisotopic (exact) mass is 280 g/mol. The van der Waals surface area contributed by atoms with E-state index in [-0.39, 0.29) is 18.9 Å². The van der Waals surface area contributed by atoms with Crippen LogP contribution in [-0.2, 0) is 6.61 Å². The van der Waals surface area contributed by atoms with Crippen LogP contribution in [0, 0.1) is 16.0 Å². The normalized spacial score (nSPS) is 19.1. The number of nitro groups is 1. The van der Waals surface area contributed by atoms with Crippen LogP contribution in [0.1, 0.15) is 24.8 Å². The number of nitrogens with zero attached hydrogens (tertiary/aromatic N) is 2. The number of anilines is 1. The van der Waals surface area contributed by atoms with E-state index in [1.54, 1.807) is 6.07 Å². The average molecular weight is 280 g/mol. The maximum absolute atomic E-state index is 10.8. The number of non-ortho nitro benzene ring substituents is 1. The van der Waals surface area contributed by atoms with Gasteiger partial charge in [0.2, 0.25) is 0 Å². The molecule has 110 valence electrons. The standard InChI is InChI=1S/C14H20N2O4/c17-7-5-11-2-1-6-15(9-11)14-4-3-13(16(19)20)8-12(14)10-18/h3-4,8,11,17-18H,1-2,5-7,9-10H2. The summed E-state index contributed by atoms with van der Waals surface area (Å²) in [6.07, 6.45) is 2.91. The molecule has 2 N–H and O–H groups in total. The minimum atomic E-state index is -0.451. The summed E-state index contributed by atoms with van der Waals surface area (Å²) in [5.74, 6) is 0.440.